The Labute approximate surface area is 132 Å². The predicted octanol–water partition coefficient (Wildman–Crippen LogP) is 1.36. The molecule has 0 aromatic carbocycles. The minimum atomic E-state index is 0.357. The molecule has 0 amide bonds. The Morgan fingerprint density at radius 2 is 2.09 bits per heavy atom. The van der Waals surface area contributed by atoms with Crippen LogP contribution in [-0.4, -0.2) is 67.8 Å². The van der Waals surface area contributed by atoms with Gasteiger partial charge in [0.25, 0.3) is 0 Å². The third-order valence-electron chi connectivity index (χ3n) is 4.21. The van der Waals surface area contributed by atoms with Crippen LogP contribution >= 0.6 is 0 Å². The quantitative estimate of drug-likeness (QED) is 0.837. The molecular formula is C16H25N5O. The van der Waals surface area contributed by atoms with Gasteiger partial charge in [-0.25, -0.2) is 4.98 Å². The summed E-state index contributed by atoms with van der Waals surface area (Å²) in [5.74, 6) is 1.79. The fourth-order valence-electron chi connectivity index (χ4n) is 2.90. The monoisotopic (exact) mass is 303 g/mol. The Morgan fingerprint density at radius 3 is 2.77 bits per heavy atom. The average molecular weight is 303 g/mol. The molecule has 0 unspecified atom stereocenters. The Kier molecular flexibility index (Phi) is 4.77. The van der Waals surface area contributed by atoms with E-state index in [2.05, 4.69) is 25.8 Å². The van der Waals surface area contributed by atoms with E-state index in [9.17, 15) is 0 Å². The molecule has 3 rings (SSSR count). The summed E-state index contributed by atoms with van der Waals surface area (Å²) in [6.07, 6.45) is 8.43. The molecule has 22 heavy (non-hydrogen) atoms. The van der Waals surface area contributed by atoms with E-state index in [0.717, 1.165) is 57.3 Å². The Morgan fingerprint density at radius 1 is 1.27 bits per heavy atom. The highest BCUT2D eigenvalue weighted by atomic mass is 16.5. The Bertz CT molecular complexity index is 511. The first-order chi connectivity index (χ1) is 10.7. The van der Waals surface area contributed by atoms with Crippen molar-refractivity contribution in [3.8, 4) is 0 Å². The van der Waals surface area contributed by atoms with Crippen LogP contribution in [0.15, 0.2) is 24.6 Å². The summed E-state index contributed by atoms with van der Waals surface area (Å²) in [6, 6.07) is 2.00. The maximum Gasteiger partial charge on any atom is 0.226 e. The molecule has 2 aliphatic rings. The second kappa shape index (κ2) is 6.96. The lowest BCUT2D eigenvalue weighted by Crippen LogP contribution is -2.49. The number of piperazine rings is 1. The van der Waals surface area contributed by atoms with Crippen LogP contribution in [0.5, 0.6) is 0 Å². The van der Waals surface area contributed by atoms with Crippen molar-refractivity contribution in [3.05, 3.63) is 24.6 Å². The van der Waals surface area contributed by atoms with Crippen LogP contribution in [-0.2, 0) is 4.74 Å². The molecule has 1 fully saturated rings. The molecule has 1 aromatic rings. The predicted molar refractivity (Wildman–Crippen MR) is 88.3 cm³/mol. The van der Waals surface area contributed by atoms with Crippen LogP contribution in [0.4, 0.5) is 11.8 Å². The van der Waals surface area contributed by atoms with Crippen molar-refractivity contribution < 1.29 is 4.74 Å². The van der Waals surface area contributed by atoms with Crippen LogP contribution < -0.4 is 9.80 Å². The van der Waals surface area contributed by atoms with Gasteiger partial charge in [-0.2, -0.15) is 4.98 Å². The number of aromatic nitrogens is 2. The van der Waals surface area contributed by atoms with Crippen LogP contribution in [0.25, 0.3) is 0 Å². The maximum atomic E-state index is 5.67. The van der Waals surface area contributed by atoms with Crippen molar-refractivity contribution in [2.24, 2.45) is 0 Å². The molecule has 0 aliphatic carbocycles. The highest BCUT2D eigenvalue weighted by Gasteiger charge is 2.22. The summed E-state index contributed by atoms with van der Waals surface area (Å²) in [4.78, 5) is 15.7. The molecule has 1 aromatic heterocycles. The smallest absolute Gasteiger partial charge is 0.226 e. The van der Waals surface area contributed by atoms with Gasteiger partial charge in [0.05, 0.1) is 6.26 Å². The summed E-state index contributed by atoms with van der Waals surface area (Å²) in [7, 11) is 3.94. The zero-order valence-corrected chi connectivity index (χ0v) is 13.5. The second-order valence-electron chi connectivity index (χ2n) is 6.10. The summed E-state index contributed by atoms with van der Waals surface area (Å²) < 4.78 is 5.67. The standard InChI is InChI=1S/C16H25N5O/c1-19(2)16-17-7-6-15(18-16)21-10-8-20(9-11-21)13-14-5-3-4-12-22-14/h4,6-7,12,14H,3,5,8-11,13H2,1-2H3/t14-/m1/s1. The maximum absolute atomic E-state index is 5.67. The largest absolute Gasteiger partial charge is 0.497 e. The number of nitrogens with zero attached hydrogens (tertiary/aromatic N) is 5. The second-order valence-corrected chi connectivity index (χ2v) is 6.10. The van der Waals surface area contributed by atoms with E-state index >= 15 is 0 Å². The summed E-state index contributed by atoms with van der Waals surface area (Å²) in [6.45, 7) is 5.17. The third kappa shape index (κ3) is 3.68. The van der Waals surface area contributed by atoms with Gasteiger partial charge in [-0.3, -0.25) is 4.90 Å². The molecule has 0 bridgehead atoms. The molecule has 1 saturated heterocycles. The van der Waals surface area contributed by atoms with Crippen molar-refractivity contribution >= 4 is 11.8 Å². The van der Waals surface area contributed by atoms with Gasteiger partial charge in [0.1, 0.15) is 11.9 Å². The van der Waals surface area contributed by atoms with E-state index in [-0.39, 0.29) is 0 Å². The van der Waals surface area contributed by atoms with Gasteiger partial charge in [-0.1, -0.05) is 0 Å². The molecule has 0 radical (unpaired) electrons. The zero-order chi connectivity index (χ0) is 15.4. The number of anilines is 2. The van der Waals surface area contributed by atoms with Gasteiger partial charge >= 0.3 is 0 Å². The SMILES string of the molecule is CN(C)c1nccc(N2CCN(C[C@H]3CCC=CO3)CC2)n1. The van der Waals surface area contributed by atoms with E-state index in [1.807, 2.05) is 37.5 Å². The highest BCUT2D eigenvalue weighted by molar-refractivity contribution is 5.43. The average Bonchev–Trinajstić information content (AvgIpc) is 2.56. The van der Waals surface area contributed by atoms with Crippen molar-refractivity contribution in [3.63, 3.8) is 0 Å². The van der Waals surface area contributed by atoms with Crippen LogP contribution in [0.2, 0.25) is 0 Å². The fraction of sp³-hybridized carbons (Fsp3) is 0.625. The molecule has 3 heterocycles. The van der Waals surface area contributed by atoms with E-state index < -0.39 is 0 Å². The highest BCUT2D eigenvalue weighted by Crippen LogP contribution is 2.17. The summed E-state index contributed by atoms with van der Waals surface area (Å²) >= 11 is 0. The Balaban J connectivity index is 1.53. The lowest BCUT2D eigenvalue weighted by Gasteiger charge is -2.37. The van der Waals surface area contributed by atoms with Crippen LogP contribution in [0.1, 0.15) is 12.8 Å². The van der Waals surface area contributed by atoms with Gasteiger partial charge in [0.15, 0.2) is 0 Å². The molecule has 2 aliphatic heterocycles. The zero-order valence-electron chi connectivity index (χ0n) is 13.5. The minimum absolute atomic E-state index is 0.357. The molecule has 6 heteroatoms. The molecule has 0 spiro atoms. The Hall–Kier alpha value is -1.82. The number of hydrogen-bond acceptors (Lipinski definition) is 6. The number of rotatable bonds is 4. The molecule has 6 nitrogen and oxygen atoms in total. The van der Waals surface area contributed by atoms with E-state index in [0.29, 0.717) is 6.10 Å². The molecular weight excluding hydrogens is 278 g/mol. The van der Waals surface area contributed by atoms with Crippen molar-refractivity contribution in [2.75, 3.05) is 56.6 Å². The number of ether oxygens (including phenoxy) is 1. The van der Waals surface area contributed by atoms with Crippen molar-refractivity contribution in [2.45, 2.75) is 18.9 Å². The van der Waals surface area contributed by atoms with Gasteiger partial charge in [0, 0.05) is 53.0 Å². The first-order valence-electron chi connectivity index (χ1n) is 8.00. The third-order valence-corrected chi connectivity index (χ3v) is 4.21. The molecule has 120 valence electrons. The van der Waals surface area contributed by atoms with Gasteiger partial charge in [0.2, 0.25) is 5.95 Å². The fourth-order valence-corrected chi connectivity index (χ4v) is 2.90. The summed E-state index contributed by atoms with van der Waals surface area (Å²) in [5, 5.41) is 0. The molecule has 0 N–H and O–H groups in total. The first kappa shape index (κ1) is 15.1. The van der Waals surface area contributed by atoms with E-state index in [1.165, 1.54) is 0 Å². The van der Waals surface area contributed by atoms with E-state index in [1.54, 1.807) is 0 Å². The normalized spacial score (nSPS) is 22.5. The lowest BCUT2D eigenvalue weighted by molar-refractivity contribution is 0.0766. The lowest BCUT2D eigenvalue weighted by atomic mass is 10.1. The van der Waals surface area contributed by atoms with Gasteiger partial charge in [-0.15, -0.1) is 0 Å². The number of allylic oxidation sites excluding steroid dienone is 1. The van der Waals surface area contributed by atoms with Crippen LogP contribution in [0, 0.1) is 0 Å². The summed E-state index contributed by atoms with van der Waals surface area (Å²) in [5.41, 5.74) is 0. The molecule has 0 saturated carbocycles. The van der Waals surface area contributed by atoms with Gasteiger partial charge < -0.3 is 14.5 Å². The van der Waals surface area contributed by atoms with E-state index in [4.69, 9.17) is 4.74 Å². The molecule has 1 atom stereocenters. The minimum Gasteiger partial charge on any atom is -0.497 e. The van der Waals surface area contributed by atoms with Crippen molar-refractivity contribution in [1.29, 1.82) is 0 Å². The van der Waals surface area contributed by atoms with Gasteiger partial charge in [-0.05, 0) is 25.0 Å². The topological polar surface area (TPSA) is 44.7 Å². The number of hydrogen-bond donors (Lipinski definition) is 0. The first-order valence-corrected chi connectivity index (χ1v) is 8.00. The van der Waals surface area contributed by atoms with Crippen LogP contribution in [0.3, 0.4) is 0 Å². The van der Waals surface area contributed by atoms with Crippen molar-refractivity contribution in [1.82, 2.24) is 14.9 Å².